The lowest BCUT2D eigenvalue weighted by Crippen LogP contribution is -2.15. The monoisotopic (exact) mass is 475 g/mol. The van der Waals surface area contributed by atoms with Gasteiger partial charge in [0, 0.05) is 28.3 Å². The molecule has 0 saturated carbocycles. The topological polar surface area (TPSA) is 138 Å². The quantitative estimate of drug-likeness (QED) is 0.292. The molecule has 0 fully saturated rings. The molecule has 34 heavy (non-hydrogen) atoms. The van der Waals surface area contributed by atoms with Crippen molar-refractivity contribution in [2.45, 2.75) is 13.8 Å². The number of primary amides is 1. The van der Waals surface area contributed by atoms with Gasteiger partial charge in [0.1, 0.15) is 36.1 Å². The molecule has 0 aromatic carbocycles. The number of nitrogens with two attached hydrogens (primary N) is 1. The molecule has 2 N–H and O–H groups in total. The van der Waals surface area contributed by atoms with Gasteiger partial charge in [-0.15, -0.1) is 0 Å². The van der Waals surface area contributed by atoms with Crippen molar-refractivity contribution in [1.29, 1.82) is 0 Å². The van der Waals surface area contributed by atoms with Crippen LogP contribution in [0.3, 0.4) is 0 Å². The molecular weight excluding hydrogens is 442 g/mol. The fourth-order valence-electron chi connectivity index (χ4n) is 2.45. The Morgan fingerprint density at radius 3 is 1.76 bits per heavy atom. The van der Waals surface area contributed by atoms with Crippen molar-refractivity contribution in [3.63, 3.8) is 0 Å². The Kier molecular flexibility index (Phi) is 12.8. The Morgan fingerprint density at radius 1 is 0.912 bits per heavy atom. The van der Waals surface area contributed by atoms with Crippen LogP contribution in [0.1, 0.15) is 32.1 Å². The van der Waals surface area contributed by atoms with E-state index in [9.17, 15) is 9.59 Å². The Morgan fingerprint density at radius 2 is 1.38 bits per heavy atom. The molecule has 0 aliphatic carbocycles. The third-order valence-corrected chi connectivity index (χ3v) is 4.06. The molecule has 11 nitrogen and oxygen atoms in total. The number of aromatic nitrogens is 2. The van der Waals surface area contributed by atoms with Crippen LogP contribution in [0.25, 0.3) is 0 Å². The molecule has 2 amide bonds. The third kappa shape index (κ3) is 10.4. The summed E-state index contributed by atoms with van der Waals surface area (Å²) in [4.78, 5) is 36.2. The van der Waals surface area contributed by atoms with Crippen molar-refractivity contribution in [1.82, 2.24) is 14.9 Å². The first-order valence-electron chi connectivity index (χ1n) is 10.4. The Balaban J connectivity index is 0.000000350. The number of amides is 2. The maximum atomic E-state index is 11.8. The second-order valence-electron chi connectivity index (χ2n) is 7.23. The number of hydrogen-bond acceptors (Lipinski definition) is 8. The summed E-state index contributed by atoms with van der Waals surface area (Å²) in [7, 11) is 6.80. The fraction of sp³-hybridized carbons (Fsp3) is 0.435. The molecule has 2 aromatic rings. The molecule has 0 atom stereocenters. The highest BCUT2D eigenvalue weighted by molar-refractivity contribution is 5.98. The first kappa shape index (κ1) is 28.5. The average molecular weight is 476 g/mol. The van der Waals surface area contributed by atoms with Crippen LogP contribution in [0.15, 0.2) is 29.5 Å². The van der Waals surface area contributed by atoms with Gasteiger partial charge in [-0.25, -0.2) is 9.97 Å². The predicted molar refractivity (Wildman–Crippen MR) is 128 cm³/mol. The van der Waals surface area contributed by atoms with E-state index >= 15 is 0 Å². The average Bonchev–Trinajstić information content (AvgIpc) is 2.78. The lowest BCUT2D eigenvalue weighted by molar-refractivity contribution is 0.0987. The summed E-state index contributed by atoms with van der Waals surface area (Å²) >= 11 is 0. The number of aryl methyl sites for hydroxylation is 2. The minimum absolute atomic E-state index is 0.272. The van der Waals surface area contributed by atoms with Crippen LogP contribution in [0.5, 0.6) is 11.5 Å². The van der Waals surface area contributed by atoms with Gasteiger partial charge in [0.2, 0.25) is 0 Å². The van der Waals surface area contributed by atoms with E-state index in [0.29, 0.717) is 49.2 Å². The zero-order valence-corrected chi connectivity index (χ0v) is 20.5. The molecule has 11 heteroatoms. The number of carbonyl (C=O) groups is 2. The van der Waals surface area contributed by atoms with Crippen molar-refractivity contribution < 1.29 is 28.5 Å². The van der Waals surface area contributed by atoms with E-state index in [0.717, 1.165) is 5.56 Å². The van der Waals surface area contributed by atoms with Crippen molar-refractivity contribution in [2.75, 3.05) is 54.7 Å². The maximum absolute atomic E-state index is 11.8. The Bertz CT molecular complexity index is 965. The number of pyridine rings is 2. The second kappa shape index (κ2) is 15.3. The van der Waals surface area contributed by atoms with Crippen molar-refractivity contribution in [2.24, 2.45) is 10.7 Å². The van der Waals surface area contributed by atoms with E-state index < -0.39 is 5.91 Å². The molecular formula is C23H33N5O6. The summed E-state index contributed by atoms with van der Waals surface area (Å²) in [6, 6.07) is 3.49. The van der Waals surface area contributed by atoms with Crippen LogP contribution in [-0.2, 0) is 9.47 Å². The maximum Gasteiger partial charge on any atom is 0.297 e. The highest BCUT2D eigenvalue weighted by Gasteiger charge is 2.10. The largest absolute Gasteiger partial charge is 0.490 e. The molecule has 0 bridgehead atoms. The number of carbonyl (C=O) groups excluding carboxylic acids is 2. The molecule has 0 saturated heterocycles. The van der Waals surface area contributed by atoms with Crippen LogP contribution < -0.4 is 15.2 Å². The van der Waals surface area contributed by atoms with Crippen LogP contribution in [0.4, 0.5) is 0 Å². The van der Waals surface area contributed by atoms with Gasteiger partial charge in [0.25, 0.3) is 11.8 Å². The van der Waals surface area contributed by atoms with Gasteiger partial charge in [-0.3, -0.25) is 9.59 Å². The van der Waals surface area contributed by atoms with Crippen molar-refractivity contribution >= 4 is 18.2 Å². The summed E-state index contributed by atoms with van der Waals surface area (Å²) in [5.41, 5.74) is 7.17. The number of hydrogen-bond donors (Lipinski definition) is 1. The van der Waals surface area contributed by atoms with E-state index in [4.69, 9.17) is 24.7 Å². The van der Waals surface area contributed by atoms with Gasteiger partial charge in [-0.05, 0) is 37.1 Å². The van der Waals surface area contributed by atoms with Gasteiger partial charge >= 0.3 is 0 Å². The highest BCUT2D eigenvalue weighted by atomic mass is 16.5. The number of aliphatic imine (C=N–C) groups is 1. The Labute approximate surface area is 199 Å². The zero-order valence-electron chi connectivity index (χ0n) is 20.5. The minimum Gasteiger partial charge on any atom is -0.490 e. The van der Waals surface area contributed by atoms with Crippen molar-refractivity contribution in [3.8, 4) is 11.5 Å². The fourth-order valence-corrected chi connectivity index (χ4v) is 2.45. The SMILES string of the molecule is COCCOc1cnc(C(=O)N=CN(C)C)c(C)c1.COCCOc1cnc(C(N)=O)c(C)c1. The zero-order chi connectivity index (χ0) is 25.5. The molecule has 0 radical (unpaired) electrons. The lowest BCUT2D eigenvalue weighted by Gasteiger charge is -2.07. The minimum atomic E-state index is -0.532. The predicted octanol–water partition coefficient (Wildman–Crippen LogP) is 1.66. The van der Waals surface area contributed by atoms with E-state index in [2.05, 4.69) is 15.0 Å². The molecule has 2 heterocycles. The molecule has 0 unspecified atom stereocenters. The highest BCUT2D eigenvalue weighted by Crippen LogP contribution is 2.15. The first-order valence-corrected chi connectivity index (χ1v) is 10.4. The van der Waals surface area contributed by atoms with E-state index in [1.165, 1.54) is 18.7 Å². The second-order valence-corrected chi connectivity index (χ2v) is 7.23. The standard InChI is InChI=1S/C13H19N3O3.C10H14N2O3/c1-10-7-11(19-6-5-18-4)8-14-12(10)13(17)15-9-16(2)3;1-7-5-8(15-4-3-14-2)6-12-9(7)10(11)13/h7-9H,5-6H2,1-4H3;5-6H,3-4H2,1-2H3,(H2,11,13). The summed E-state index contributed by atoms with van der Waals surface area (Å²) in [5.74, 6) is 0.322. The van der Waals surface area contributed by atoms with E-state index in [1.54, 1.807) is 59.2 Å². The molecule has 0 aliphatic heterocycles. The molecule has 186 valence electrons. The summed E-state index contributed by atoms with van der Waals surface area (Å²) in [5, 5.41) is 0. The van der Waals surface area contributed by atoms with Gasteiger partial charge in [-0.1, -0.05) is 0 Å². The van der Waals surface area contributed by atoms with E-state index in [-0.39, 0.29) is 11.6 Å². The third-order valence-electron chi connectivity index (χ3n) is 4.06. The molecule has 2 rings (SSSR count). The summed E-state index contributed by atoms with van der Waals surface area (Å²) in [6.45, 7) is 5.48. The number of rotatable bonds is 11. The van der Waals surface area contributed by atoms with Gasteiger partial charge < -0.3 is 29.6 Å². The van der Waals surface area contributed by atoms with Crippen LogP contribution >= 0.6 is 0 Å². The molecule has 0 aliphatic rings. The van der Waals surface area contributed by atoms with Crippen LogP contribution in [0.2, 0.25) is 0 Å². The molecule has 0 spiro atoms. The van der Waals surface area contributed by atoms with Crippen LogP contribution in [-0.4, -0.2) is 87.8 Å². The number of ether oxygens (including phenoxy) is 4. The normalized spacial score (nSPS) is 10.4. The van der Waals surface area contributed by atoms with Crippen molar-refractivity contribution in [3.05, 3.63) is 47.0 Å². The number of nitrogens with zero attached hydrogens (tertiary/aromatic N) is 4. The molecule has 2 aromatic heterocycles. The van der Waals surface area contributed by atoms with Gasteiger partial charge in [0.15, 0.2) is 0 Å². The first-order chi connectivity index (χ1) is 16.2. The van der Waals surface area contributed by atoms with E-state index in [1.807, 2.05) is 0 Å². The number of methoxy groups -OCH3 is 2. The van der Waals surface area contributed by atoms with Gasteiger partial charge in [-0.2, -0.15) is 4.99 Å². The smallest absolute Gasteiger partial charge is 0.297 e. The van der Waals surface area contributed by atoms with Crippen LogP contribution in [0, 0.1) is 13.8 Å². The van der Waals surface area contributed by atoms with Gasteiger partial charge in [0.05, 0.1) is 31.9 Å². The summed E-state index contributed by atoms with van der Waals surface area (Å²) < 4.78 is 20.5. The lowest BCUT2D eigenvalue weighted by atomic mass is 10.2. The summed E-state index contributed by atoms with van der Waals surface area (Å²) in [6.07, 6.45) is 4.44. The Hall–Kier alpha value is -3.57.